The summed E-state index contributed by atoms with van der Waals surface area (Å²) in [5.41, 5.74) is 0. The van der Waals surface area contributed by atoms with Gasteiger partial charge >= 0.3 is 12.1 Å². The highest BCUT2D eigenvalue weighted by Gasteiger charge is 2.30. The van der Waals surface area contributed by atoms with Gasteiger partial charge in [-0.1, -0.05) is 26.5 Å². The van der Waals surface area contributed by atoms with E-state index in [4.69, 9.17) is 5.11 Å². The minimum atomic E-state index is -1.38. The minimum absolute atomic E-state index is 0.0179. The maximum Gasteiger partial charge on any atom is 0.408 e. The van der Waals surface area contributed by atoms with Crippen LogP contribution in [0.4, 0.5) is 4.79 Å². The molecule has 0 radical (unpaired) electrons. The molecule has 0 aliphatic heterocycles. The molecule has 2 atom stereocenters. The van der Waals surface area contributed by atoms with Crippen molar-refractivity contribution in [2.75, 3.05) is 6.61 Å². The summed E-state index contributed by atoms with van der Waals surface area (Å²) < 4.78 is 4.56. The summed E-state index contributed by atoms with van der Waals surface area (Å²) in [5.74, 6) is -1.60. The smallest absolute Gasteiger partial charge is 0.408 e. The van der Waals surface area contributed by atoms with Gasteiger partial charge in [0, 0.05) is 0 Å². The zero-order chi connectivity index (χ0) is 12.7. The summed E-state index contributed by atoms with van der Waals surface area (Å²) >= 11 is 0. The Balaban J connectivity index is 4.39. The number of nitrogens with one attached hydrogen (secondary N) is 1. The number of carboxylic acids is 1. The number of amides is 1. The number of hydrogen-bond donors (Lipinski definition) is 3. The molecular weight excluding hydrogens is 214 g/mol. The molecule has 0 aromatic rings. The zero-order valence-corrected chi connectivity index (χ0v) is 9.34. The fourth-order valence-corrected chi connectivity index (χ4v) is 0.981. The number of carbonyl (C=O) groups excluding carboxylic acids is 1. The van der Waals surface area contributed by atoms with Gasteiger partial charge in [0.2, 0.25) is 0 Å². The number of carbonyl (C=O) groups is 2. The number of hydrogen-bond acceptors (Lipinski definition) is 4. The van der Waals surface area contributed by atoms with Crippen molar-refractivity contribution in [3.63, 3.8) is 0 Å². The molecule has 0 saturated carbocycles. The van der Waals surface area contributed by atoms with Gasteiger partial charge in [-0.05, 0) is 5.92 Å². The molecule has 2 unspecified atom stereocenters. The molecule has 0 saturated heterocycles. The van der Waals surface area contributed by atoms with Gasteiger partial charge in [-0.3, -0.25) is 0 Å². The van der Waals surface area contributed by atoms with Crippen molar-refractivity contribution >= 4 is 12.1 Å². The molecule has 0 spiro atoms. The van der Waals surface area contributed by atoms with E-state index in [0.29, 0.717) is 0 Å². The minimum Gasteiger partial charge on any atom is -0.480 e. The van der Waals surface area contributed by atoms with Crippen molar-refractivity contribution in [2.45, 2.75) is 26.0 Å². The molecule has 1 amide bonds. The fourth-order valence-electron chi connectivity index (χ4n) is 0.981. The molecule has 92 valence electrons. The van der Waals surface area contributed by atoms with Gasteiger partial charge in [0.25, 0.3) is 0 Å². The second kappa shape index (κ2) is 6.84. The van der Waals surface area contributed by atoms with Crippen LogP contribution in [-0.4, -0.2) is 41.0 Å². The topological polar surface area (TPSA) is 95.9 Å². The summed E-state index contributed by atoms with van der Waals surface area (Å²) in [6, 6.07) is -1.38. The van der Waals surface area contributed by atoms with Crippen LogP contribution in [0.25, 0.3) is 0 Å². The normalized spacial score (nSPS) is 14.0. The molecule has 0 rings (SSSR count). The Hall–Kier alpha value is -1.56. The van der Waals surface area contributed by atoms with E-state index < -0.39 is 24.2 Å². The second-order valence-corrected chi connectivity index (χ2v) is 3.58. The van der Waals surface area contributed by atoms with Crippen LogP contribution in [0.15, 0.2) is 12.7 Å². The van der Waals surface area contributed by atoms with Crippen molar-refractivity contribution < 1.29 is 24.5 Å². The Morgan fingerprint density at radius 2 is 2.06 bits per heavy atom. The summed E-state index contributed by atoms with van der Waals surface area (Å²) in [6.45, 7) is 6.62. The summed E-state index contributed by atoms with van der Waals surface area (Å²) in [7, 11) is 0. The average Bonchev–Trinajstić information content (AvgIpc) is 2.21. The van der Waals surface area contributed by atoms with Crippen LogP contribution < -0.4 is 5.32 Å². The average molecular weight is 231 g/mol. The number of alkyl carbamates (subject to hydrolysis) is 1. The number of aliphatic carboxylic acids is 1. The van der Waals surface area contributed by atoms with E-state index in [1.165, 1.54) is 6.08 Å². The first-order valence-electron chi connectivity index (χ1n) is 4.85. The standard InChI is InChI=1S/C10H17NO5/c1-4-5-16-10(15)11-7(9(13)14)8(12)6(2)3/h4,6-8,12H,1,5H2,2-3H3,(H,11,15)(H,13,14). The van der Waals surface area contributed by atoms with Crippen molar-refractivity contribution in [2.24, 2.45) is 5.92 Å². The van der Waals surface area contributed by atoms with Crippen molar-refractivity contribution in [3.05, 3.63) is 12.7 Å². The van der Waals surface area contributed by atoms with E-state index in [1.54, 1.807) is 13.8 Å². The van der Waals surface area contributed by atoms with Crippen LogP contribution in [0.1, 0.15) is 13.8 Å². The van der Waals surface area contributed by atoms with Gasteiger partial charge in [-0.25, -0.2) is 9.59 Å². The van der Waals surface area contributed by atoms with Gasteiger partial charge in [-0.15, -0.1) is 0 Å². The lowest BCUT2D eigenvalue weighted by atomic mass is 10.00. The number of ether oxygens (including phenoxy) is 1. The van der Waals surface area contributed by atoms with Crippen molar-refractivity contribution in [1.29, 1.82) is 0 Å². The SMILES string of the molecule is C=CCOC(=O)NC(C(=O)O)C(O)C(C)C. The molecule has 0 aliphatic carbocycles. The van der Waals surface area contributed by atoms with Crippen LogP contribution in [0.5, 0.6) is 0 Å². The van der Waals surface area contributed by atoms with Gasteiger partial charge in [0.15, 0.2) is 6.04 Å². The summed E-state index contributed by atoms with van der Waals surface area (Å²) in [4.78, 5) is 21.9. The number of aliphatic hydroxyl groups is 1. The summed E-state index contributed by atoms with van der Waals surface area (Å²) in [6.07, 6.45) is -0.713. The predicted octanol–water partition coefficient (Wildman–Crippen LogP) is 0.369. The first-order chi connectivity index (χ1) is 7.40. The third-order valence-electron chi connectivity index (χ3n) is 1.90. The van der Waals surface area contributed by atoms with Gasteiger partial charge in [0.1, 0.15) is 6.61 Å². The van der Waals surface area contributed by atoms with E-state index in [2.05, 4.69) is 16.6 Å². The van der Waals surface area contributed by atoms with Crippen LogP contribution in [0.2, 0.25) is 0 Å². The molecule has 6 nitrogen and oxygen atoms in total. The highest BCUT2D eigenvalue weighted by Crippen LogP contribution is 2.06. The predicted molar refractivity (Wildman–Crippen MR) is 56.9 cm³/mol. The lowest BCUT2D eigenvalue weighted by molar-refractivity contribution is -0.143. The fraction of sp³-hybridized carbons (Fsp3) is 0.600. The van der Waals surface area contributed by atoms with E-state index in [9.17, 15) is 14.7 Å². The molecule has 0 fully saturated rings. The number of carboxylic acid groups (broad SMARTS) is 1. The maximum atomic E-state index is 11.1. The first-order valence-corrected chi connectivity index (χ1v) is 4.85. The Morgan fingerprint density at radius 3 is 2.44 bits per heavy atom. The van der Waals surface area contributed by atoms with Crippen LogP contribution in [0, 0.1) is 5.92 Å². The van der Waals surface area contributed by atoms with Gasteiger partial charge < -0.3 is 20.3 Å². The van der Waals surface area contributed by atoms with Crippen LogP contribution in [-0.2, 0) is 9.53 Å². The molecule has 0 aromatic heterocycles. The number of rotatable bonds is 6. The number of aliphatic hydroxyl groups excluding tert-OH is 1. The van der Waals surface area contributed by atoms with E-state index in [-0.39, 0.29) is 12.5 Å². The van der Waals surface area contributed by atoms with Crippen LogP contribution >= 0.6 is 0 Å². The molecule has 0 aliphatic rings. The molecule has 0 heterocycles. The van der Waals surface area contributed by atoms with E-state index >= 15 is 0 Å². The van der Waals surface area contributed by atoms with Crippen molar-refractivity contribution in [3.8, 4) is 0 Å². The molecule has 3 N–H and O–H groups in total. The highest BCUT2D eigenvalue weighted by molar-refractivity contribution is 5.80. The van der Waals surface area contributed by atoms with Crippen LogP contribution in [0.3, 0.4) is 0 Å². The Labute approximate surface area is 93.9 Å². The zero-order valence-electron chi connectivity index (χ0n) is 9.34. The largest absolute Gasteiger partial charge is 0.480 e. The summed E-state index contributed by atoms with van der Waals surface area (Å²) in [5, 5.41) is 20.4. The van der Waals surface area contributed by atoms with E-state index in [1.807, 2.05) is 0 Å². The molecule has 6 heteroatoms. The second-order valence-electron chi connectivity index (χ2n) is 3.58. The Morgan fingerprint density at radius 1 is 1.50 bits per heavy atom. The third-order valence-corrected chi connectivity index (χ3v) is 1.90. The molecule has 16 heavy (non-hydrogen) atoms. The van der Waals surface area contributed by atoms with Gasteiger partial charge in [0.05, 0.1) is 6.10 Å². The lowest BCUT2D eigenvalue weighted by Gasteiger charge is -2.22. The Kier molecular flexibility index (Phi) is 6.17. The molecular formula is C10H17NO5. The quantitative estimate of drug-likeness (QED) is 0.574. The molecule has 0 bridgehead atoms. The Bertz CT molecular complexity index is 264. The lowest BCUT2D eigenvalue weighted by Crippen LogP contribution is -2.50. The third kappa shape index (κ3) is 4.79. The van der Waals surface area contributed by atoms with E-state index in [0.717, 1.165) is 0 Å². The van der Waals surface area contributed by atoms with Gasteiger partial charge in [-0.2, -0.15) is 0 Å². The van der Waals surface area contributed by atoms with Crippen molar-refractivity contribution in [1.82, 2.24) is 5.32 Å². The first kappa shape index (κ1) is 14.4. The highest BCUT2D eigenvalue weighted by atomic mass is 16.5. The monoisotopic (exact) mass is 231 g/mol. The maximum absolute atomic E-state index is 11.1. The molecule has 0 aromatic carbocycles.